The number of anilines is 1. The fraction of sp³-hybridized carbons (Fsp3) is 0.462. The van der Waals surface area contributed by atoms with Gasteiger partial charge in [-0.1, -0.05) is 166 Å². The number of rotatable bonds is 25. The third-order valence-electron chi connectivity index (χ3n) is 12.1. The van der Waals surface area contributed by atoms with Crippen LogP contribution in [-0.2, 0) is 6.42 Å². The monoisotopic (exact) mass is 859 g/mol. The van der Waals surface area contributed by atoms with Gasteiger partial charge in [0.2, 0.25) is 0 Å². The van der Waals surface area contributed by atoms with Gasteiger partial charge in [0.05, 0.1) is 11.7 Å². The Morgan fingerprint density at radius 3 is 1.63 bits per heavy atom. The van der Waals surface area contributed by atoms with E-state index in [4.69, 9.17) is 8.75 Å². The van der Waals surface area contributed by atoms with Gasteiger partial charge in [-0.05, 0) is 78.3 Å². The van der Waals surface area contributed by atoms with E-state index in [0.29, 0.717) is 0 Å². The second-order valence-corrected chi connectivity index (χ2v) is 20.5. The van der Waals surface area contributed by atoms with E-state index < -0.39 is 0 Å². The third kappa shape index (κ3) is 11.5. The molecule has 0 spiro atoms. The number of unbranched alkanes of at least 4 members (excludes halogenated alkanes) is 11. The molecule has 0 aliphatic rings. The van der Waals surface area contributed by atoms with Crippen LogP contribution in [0.2, 0.25) is 0 Å². The Morgan fingerprint density at radius 2 is 1.02 bits per heavy atom. The Labute approximate surface area is 371 Å². The molecule has 7 aromatic rings. The molecule has 3 aromatic carbocycles. The zero-order chi connectivity index (χ0) is 40.8. The first-order valence-corrected chi connectivity index (χ1v) is 26.1. The van der Waals surface area contributed by atoms with Gasteiger partial charge in [0.1, 0.15) is 11.0 Å². The van der Waals surface area contributed by atoms with Crippen molar-refractivity contribution in [3.8, 4) is 42.4 Å². The van der Waals surface area contributed by atoms with Crippen molar-refractivity contribution in [1.29, 1.82) is 0 Å². The fourth-order valence-electron chi connectivity index (χ4n) is 8.46. The van der Waals surface area contributed by atoms with Gasteiger partial charge in [0.25, 0.3) is 0 Å². The van der Waals surface area contributed by atoms with Gasteiger partial charge in [-0.3, -0.25) is 0 Å². The summed E-state index contributed by atoms with van der Waals surface area (Å²) in [7, 11) is 0. The summed E-state index contributed by atoms with van der Waals surface area (Å²) in [6.45, 7) is 11.6. The molecule has 0 amide bonds. The first-order chi connectivity index (χ1) is 29.1. The van der Waals surface area contributed by atoms with Crippen LogP contribution in [-0.4, -0.2) is 21.8 Å². The molecule has 4 heterocycles. The minimum absolute atomic E-state index is 0.774. The summed E-state index contributed by atoms with van der Waals surface area (Å²) in [5.74, 6) is 0.774. The maximum Gasteiger partial charge on any atom is 0.114 e. The average molecular weight is 860 g/mol. The summed E-state index contributed by atoms with van der Waals surface area (Å²) in [4.78, 5) is 8.04. The Balaban J connectivity index is 1.00. The number of thiophene rings is 3. The van der Waals surface area contributed by atoms with Crippen molar-refractivity contribution in [2.45, 2.75) is 137 Å². The summed E-state index contributed by atoms with van der Waals surface area (Å²) < 4.78 is 12.3. The Bertz CT molecular complexity index is 2240. The van der Waals surface area contributed by atoms with Crippen molar-refractivity contribution < 1.29 is 0 Å². The second-order valence-electron chi connectivity index (χ2n) is 16.6. The molecule has 0 aliphatic heterocycles. The summed E-state index contributed by atoms with van der Waals surface area (Å²) >= 11 is 7.03. The van der Waals surface area contributed by atoms with Crippen LogP contribution < -0.4 is 4.90 Å². The highest BCUT2D eigenvalue weighted by Crippen LogP contribution is 2.45. The van der Waals surface area contributed by atoms with Crippen LogP contribution >= 0.6 is 45.7 Å². The molecule has 0 fully saturated rings. The molecule has 0 saturated heterocycles. The van der Waals surface area contributed by atoms with Gasteiger partial charge in [-0.25, -0.2) is 0 Å². The van der Waals surface area contributed by atoms with E-state index in [1.807, 2.05) is 34.0 Å². The molecule has 0 radical (unpaired) electrons. The average Bonchev–Trinajstić information content (AvgIpc) is 4.09. The topological polar surface area (TPSA) is 29.0 Å². The zero-order valence-corrected chi connectivity index (χ0v) is 39.3. The molecule has 0 aliphatic carbocycles. The summed E-state index contributed by atoms with van der Waals surface area (Å²) in [5.41, 5.74) is 9.69. The predicted molar refractivity (Wildman–Crippen MR) is 266 cm³/mol. The van der Waals surface area contributed by atoms with Crippen LogP contribution in [0.5, 0.6) is 0 Å². The Kier molecular flexibility index (Phi) is 16.7. The van der Waals surface area contributed by atoms with Gasteiger partial charge in [-0.2, -0.15) is 8.75 Å². The van der Waals surface area contributed by atoms with E-state index >= 15 is 0 Å². The lowest BCUT2D eigenvalue weighted by molar-refractivity contribution is 0.452. The molecule has 59 heavy (non-hydrogen) atoms. The zero-order valence-electron chi connectivity index (χ0n) is 36.1. The molecule has 0 N–H and O–H groups in total. The number of hydrogen-bond donors (Lipinski definition) is 0. The minimum atomic E-state index is 0.774. The van der Waals surface area contributed by atoms with Crippen LogP contribution in [0.4, 0.5) is 5.69 Å². The number of nitrogens with zero attached hydrogens (tertiary/aromatic N) is 3. The number of hydrogen-bond acceptors (Lipinski definition) is 7. The molecule has 7 heteroatoms. The summed E-state index contributed by atoms with van der Waals surface area (Å²) in [6.07, 6.45) is 22.5. The van der Waals surface area contributed by atoms with E-state index in [1.165, 1.54) is 196 Å². The maximum absolute atomic E-state index is 4.84. The van der Waals surface area contributed by atoms with Crippen LogP contribution in [0.25, 0.3) is 62.9 Å². The van der Waals surface area contributed by atoms with Crippen molar-refractivity contribution in [2.24, 2.45) is 5.92 Å². The van der Waals surface area contributed by atoms with Crippen molar-refractivity contribution >= 4 is 71.9 Å². The molecular formula is C52H65N3S4. The van der Waals surface area contributed by atoms with Crippen molar-refractivity contribution in [3.63, 3.8) is 0 Å². The molecule has 0 saturated carbocycles. The van der Waals surface area contributed by atoms with E-state index in [9.17, 15) is 0 Å². The number of fused-ring (bicyclic) bond motifs is 2. The summed E-state index contributed by atoms with van der Waals surface area (Å²) in [5, 5.41) is 0. The van der Waals surface area contributed by atoms with Crippen LogP contribution in [0.1, 0.15) is 135 Å². The van der Waals surface area contributed by atoms with Crippen LogP contribution in [0.3, 0.4) is 0 Å². The lowest BCUT2D eigenvalue weighted by Crippen LogP contribution is -2.25. The molecule has 312 valence electrons. The van der Waals surface area contributed by atoms with Crippen molar-refractivity contribution in [1.82, 2.24) is 8.75 Å². The maximum atomic E-state index is 4.84. The van der Waals surface area contributed by atoms with Crippen LogP contribution in [0, 0.1) is 5.92 Å². The van der Waals surface area contributed by atoms with Crippen LogP contribution in [0.15, 0.2) is 84.9 Å². The first-order valence-electron chi connectivity index (χ1n) is 22.9. The summed E-state index contributed by atoms with van der Waals surface area (Å²) in [6, 6.07) is 32.5. The fourth-order valence-corrected chi connectivity index (χ4v) is 12.6. The molecule has 0 bridgehead atoms. The Morgan fingerprint density at radius 1 is 0.492 bits per heavy atom. The van der Waals surface area contributed by atoms with E-state index in [-0.39, 0.29) is 0 Å². The molecule has 7 rings (SSSR count). The second kappa shape index (κ2) is 22.5. The Hall–Kier alpha value is -3.36. The van der Waals surface area contributed by atoms with Gasteiger partial charge in [-0.15, -0.1) is 34.0 Å². The predicted octanol–water partition coefficient (Wildman–Crippen LogP) is 18.0. The highest BCUT2D eigenvalue weighted by molar-refractivity contribution is 7.31. The molecular weight excluding hydrogens is 795 g/mol. The van der Waals surface area contributed by atoms with Crippen molar-refractivity contribution in [3.05, 3.63) is 89.8 Å². The third-order valence-corrected chi connectivity index (χ3v) is 16.2. The minimum Gasteiger partial charge on any atom is -0.372 e. The van der Waals surface area contributed by atoms with E-state index in [2.05, 4.69) is 118 Å². The highest BCUT2D eigenvalue weighted by atomic mass is 32.1. The molecule has 3 nitrogen and oxygen atoms in total. The van der Waals surface area contributed by atoms with Gasteiger partial charge in [0, 0.05) is 58.8 Å². The van der Waals surface area contributed by atoms with Gasteiger partial charge < -0.3 is 4.90 Å². The molecule has 4 aromatic heterocycles. The van der Waals surface area contributed by atoms with Crippen molar-refractivity contribution in [2.75, 3.05) is 18.0 Å². The molecule has 1 atom stereocenters. The molecule has 1 unspecified atom stereocenters. The quantitative estimate of drug-likeness (QED) is 0.0536. The smallest absolute Gasteiger partial charge is 0.114 e. The number of benzene rings is 3. The highest BCUT2D eigenvalue weighted by Gasteiger charge is 2.19. The standard InChI is InChI=1S/C52H65N3S4/c1-5-9-12-14-16-18-33-55(34-19-17-15-13-10-6-2)42-27-25-40(26-28-42)39-21-23-41(24-22-39)47-36-49-50(57-47)37-48(58-49)45-31-30-44(51-52(45)54-59-53-51)46-32-29-43(56-46)35-38(8-4)20-11-7-3/h21-32,36-38H,5-20,33-35H2,1-4H3. The number of aromatic nitrogens is 2. The lowest BCUT2D eigenvalue weighted by atomic mass is 9.95. The lowest BCUT2D eigenvalue weighted by Gasteiger charge is -2.25. The van der Waals surface area contributed by atoms with Gasteiger partial charge in [0.15, 0.2) is 0 Å². The SMILES string of the molecule is CCCCCCCCN(CCCCCCCC)c1ccc(-c2ccc(-c3cc4sc(-c5ccc(-c6ccc(CC(CC)CCCC)s6)c6nsnc56)cc4s3)cc2)cc1. The van der Waals surface area contributed by atoms with E-state index in [1.54, 1.807) is 0 Å². The largest absolute Gasteiger partial charge is 0.372 e. The normalized spacial score (nSPS) is 12.3. The first kappa shape index (κ1) is 43.7. The van der Waals surface area contributed by atoms with E-state index in [0.717, 1.165) is 17.0 Å². The van der Waals surface area contributed by atoms with Gasteiger partial charge >= 0.3 is 0 Å².